The Kier molecular flexibility index (Phi) is 13.4. The van der Waals surface area contributed by atoms with Crippen LogP contribution in [0.1, 0.15) is 31.1 Å². The summed E-state index contributed by atoms with van der Waals surface area (Å²) in [6.07, 6.45) is -2.88. The zero-order valence-corrected chi connectivity index (χ0v) is 32.7. The van der Waals surface area contributed by atoms with Crippen LogP contribution in [0.2, 0.25) is 0 Å². The molecule has 0 aromatic heterocycles. The molecule has 0 heterocycles. The van der Waals surface area contributed by atoms with Crippen molar-refractivity contribution in [2.45, 2.75) is 0 Å². The zero-order valence-electron chi connectivity index (χ0n) is 32.7. The van der Waals surface area contributed by atoms with Crippen molar-refractivity contribution in [3.63, 3.8) is 0 Å². The first-order chi connectivity index (χ1) is 30.6. The van der Waals surface area contributed by atoms with E-state index in [1.807, 2.05) is 0 Å². The highest BCUT2D eigenvalue weighted by molar-refractivity contribution is 6.13. The summed E-state index contributed by atoms with van der Waals surface area (Å²) >= 11 is 0. The largest absolute Gasteiger partial charge is 0.519 e. The van der Waals surface area contributed by atoms with Gasteiger partial charge in [-0.25, -0.2) is 14.4 Å². The van der Waals surface area contributed by atoms with E-state index in [1.54, 1.807) is 91.0 Å². The molecule has 7 rings (SSSR count). The number of para-hydroxylation sites is 3. The van der Waals surface area contributed by atoms with Gasteiger partial charge in [0.1, 0.15) is 34.5 Å². The van der Waals surface area contributed by atoms with Crippen LogP contribution in [0.5, 0.6) is 34.5 Å². The zero-order chi connectivity index (χ0) is 44.0. The summed E-state index contributed by atoms with van der Waals surface area (Å²) in [4.78, 5) is 77.6. The fourth-order valence-electron chi connectivity index (χ4n) is 5.56. The van der Waals surface area contributed by atoms with Gasteiger partial charge in [0, 0.05) is 33.8 Å². The lowest BCUT2D eigenvalue weighted by Crippen LogP contribution is -2.19. The number of hydrogen-bond acceptors (Lipinski definition) is 12. The molecule has 0 saturated heterocycles. The molecule has 3 amide bonds. The molecule has 0 unspecified atom stereocenters. The molecular weight excluding hydrogens is 811 g/mol. The van der Waals surface area contributed by atoms with Gasteiger partial charge in [0.2, 0.25) is 0 Å². The molecule has 0 aliphatic rings. The maximum Gasteiger partial charge on any atom is 0.519 e. The Balaban J connectivity index is 1.04. The standard InChI is InChI=1S/C48H33N3O12/c52-43(49-34-16-22-40(23-17-34)61-46(55)58-37-10-4-1-5-11-37)31-28-32(44(53)50-35-18-24-41(25-19-35)62-47(56)59-38-12-6-2-7-13-38)30-33(29-31)45(54)51-36-20-26-42(27-21-36)63-48(57)60-39-14-8-3-9-15-39/h1-30H,(H,49,52)(H,50,53)(H,51,54). The van der Waals surface area contributed by atoms with E-state index in [2.05, 4.69) is 16.0 Å². The Hall–Kier alpha value is -9.24. The summed E-state index contributed by atoms with van der Waals surface area (Å²) in [7, 11) is 0. The predicted molar refractivity (Wildman–Crippen MR) is 229 cm³/mol. The number of hydrogen-bond donors (Lipinski definition) is 3. The van der Waals surface area contributed by atoms with Gasteiger partial charge < -0.3 is 44.4 Å². The Bertz CT molecular complexity index is 2420. The first-order valence-electron chi connectivity index (χ1n) is 18.9. The second-order valence-electron chi connectivity index (χ2n) is 13.0. The van der Waals surface area contributed by atoms with E-state index >= 15 is 0 Å². The second kappa shape index (κ2) is 20.1. The Morgan fingerprint density at radius 3 is 0.698 bits per heavy atom. The van der Waals surface area contributed by atoms with Gasteiger partial charge in [-0.1, -0.05) is 54.6 Å². The summed E-state index contributed by atoms with van der Waals surface area (Å²) in [6.45, 7) is 0. The van der Waals surface area contributed by atoms with Crippen molar-refractivity contribution in [1.82, 2.24) is 0 Å². The molecule has 0 fully saturated rings. The van der Waals surface area contributed by atoms with Crippen molar-refractivity contribution in [1.29, 1.82) is 0 Å². The first kappa shape index (κ1) is 41.9. The Labute approximate surface area is 358 Å². The molecule has 63 heavy (non-hydrogen) atoms. The van der Waals surface area contributed by atoms with E-state index in [-0.39, 0.29) is 33.9 Å². The van der Waals surface area contributed by atoms with E-state index in [4.69, 9.17) is 28.4 Å². The summed E-state index contributed by atoms with van der Waals surface area (Å²) < 4.78 is 31.1. The lowest BCUT2D eigenvalue weighted by atomic mass is 10.0. The number of carbonyl (C=O) groups is 6. The second-order valence-corrected chi connectivity index (χ2v) is 13.0. The number of amides is 3. The summed E-state index contributed by atoms with van der Waals surface area (Å²) in [6, 6.07) is 46.5. The van der Waals surface area contributed by atoms with Gasteiger partial charge >= 0.3 is 18.5 Å². The molecule has 0 aliphatic heterocycles. The highest BCUT2D eigenvalue weighted by Crippen LogP contribution is 2.23. The highest BCUT2D eigenvalue weighted by atomic mass is 16.7. The van der Waals surface area contributed by atoms with Gasteiger partial charge in [-0.2, -0.15) is 0 Å². The van der Waals surface area contributed by atoms with E-state index in [0.29, 0.717) is 34.3 Å². The molecule has 15 nitrogen and oxygen atoms in total. The van der Waals surface area contributed by atoms with Crippen molar-refractivity contribution < 1.29 is 57.2 Å². The van der Waals surface area contributed by atoms with Gasteiger partial charge in [-0.05, 0) is 127 Å². The van der Waals surface area contributed by atoms with E-state index < -0.39 is 36.2 Å². The van der Waals surface area contributed by atoms with E-state index in [1.165, 1.54) is 91.0 Å². The van der Waals surface area contributed by atoms with Crippen LogP contribution in [0.3, 0.4) is 0 Å². The number of benzene rings is 7. The average Bonchev–Trinajstić information content (AvgIpc) is 3.29. The third-order valence-corrected chi connectivity index (χ3v) is 8.49. The van der Waals surface area contributed by atoms with Gasteiger partial charge in [0.15, 0.2) is 0 Å². The summed E-state index contributed by atoms with van der Waals surface area (Å²) in [5, 5.41) is 8.12. The van der Waals surface area contributed by atoms with Gasteiger partial charge in [0.05, 0.1) is 0 Å². The number of anilines is 3. The summed E-state index contributed by atoms with van der Waals surface area (Å²) in [5.74, 6) is -0.706. The molecule has 3 N–H and O–H groups in total. The molecule has 7 aromatic carbocycles. The van der Waals surface area contributed by atoms with Gasteiger partial charge in [0.25, 0.3) is 17.7 Å². The molecule has 0 spiro atoms. The van der Waals surface area contributed by atoms with E-state index in [9.17, 15) is 28.8 Å². The monoisotopic (exact) mass is 843 g/mol. The molecule has 312 valence electrons. The smallest absolute Gasteiger partial charge is 0.395 e. The van der Waals surface area contributed by atoms with Crippen LogP contribution in [-0.4, -0.2) is 36.2 Å². The molecule has 0 radical (unpaired) electrons. The van der Waals surface area contributed by atoms with Gasteiger partial charge in [-0.15, -0.1) is 0 Å². The van der Waals surface area contributed by atoms with Crippen LogP contribution in [0, 0.1) is 0 Å². The molecule has 7 aromatic rings. The maximum atomic E-state index is 13.6. The quantitative estimate of drug-likeness (QED) is 0.0779. The highest BCUT2D eigenvalue weighted by Gasteiger charge is 2.19. The van der Waals surface area contributed by atoms with Crippen LogP contribution >= 0.6 is 0 Å². The Morgan fingerprint density at radius 1 is 0.270 bits per heavy atom. The van der Waals surface area contributed by atoms with Crippen LogP contribution < -0.4 is 44.4 Å². The topological polar surface area (TPSA) is 194 Å². The van der Waals surface area contributed by atoms with Crippen LogP contribution in [-0.2, 0) is 0 Å². The SMILES string of the molecule is O=C(Oc1ccccc1)Oc1ccc(NC(=O)c2cc(C(=O)Nc3ccc(OC(=O)Oc4ccccc4)cc3)cc(C(=O)Nc3ccc(OC(=O)Oc4ccccc4)cc3)c2)cc1. The molecule has 0 bridgehead atoms. The fourth-order valence-corrected chi connectivity index (χ4v) is 5.56. The third-order valence-electron chi connectivity index (χ3n) is 8.49. The lowest BCUT2D eigenvalue weighted by Gasteiger charge is -2.12. The Morgan fingerprint density at radius 2 is 0.476 bits per heavy atom. The van der Waals surface area contributed by atoms with E-state index in [0.717, 1.165) is 0 Å². The predicted octanol–water partition coefficient (Wildman–Crippen LogP) is 10.2. The molecule has 0 saturated carbocycles. The lowest BCUT2D eigenvalue weighted by molar-refractivity contribution is 0.102. The maximum absolute atomic E-state index is 13.6. The number of ether oxygens (including phenoxy) is 6. The molecule has 0 atom stereocenters. The normalized spacial score (nSPS) is 10.3. The first-order valence-corrected chi connectivity index (χ1v) is 18.9. The van der Waals surface area contributed by atoms with Crippen molar-refractivity contribution >= 4 is 53.2 Å². The number of rotatable bonds is 12. The van der Waals surface area contributed by atoms with Crippen LogP contribution in [0.25, 0.3) is 0 Å². The number of nitrogens with one attached hydrogen (secondary N) is 3. The third kappa shape index (κ3) is 12.4. The molecule has 0 aliphatic carbocycles. The van der Waals surface area contributed by atoms with Crippen LogP contribution in [0.15, 0.2) is 182 Å². The molecule has 15 heteroatoms. The number of carbonyl (C=O) groups excluding carboxylic acids is 6. The van der Waals surface area contributed by atoms with Crippen molar-refractivity contribution in [3.05, 3.63) is 199 Å². The average molecular weight is 844 g/mol. The van der Waals surface area contributed by atoms with Crippen LogP contribution in [0.4, 0.5) is 31.4 Å². The van der Waals surface area contributed by atoms with Crippen molar-refractivity contribution in [3.8, 4) is 34.5 Å². The minimum absolute atomic E-state index is 0.0547. The molecular formula is C48H33N3O12. The minimum Gasteiger partial charge on any atom is -0.395 e. The fraction of sp³-hybridized carbons (Fsp3) is 0. The van der Waals surface area contributed by atoms with Crippen molar-refractivity contribution in [2.75, 3.05) is 16.0 Å². The van der Waals surface area contributed by atoms with Gasteiger partial charge in [-0.3, -0.25) is 14.4 Å². The summed E-state index contributed by atoms with van der Waals surface area (Å²) in [5.41, 5.74) is 0.737. The van der Waals surface area contributed by atoms with Crippen molar-refractivity contribution in [2.24, 2.45) is 0 Å². The minimum atomic E-state index is -0.959.